The Balaban J connectivity index is 2.33. The second-order valence-electron chi connectivity index (χ2n) is 5.38. The van der Waals surface area contributed by atoms with E-state index < -0.39 is 6.04 Å². The summed E-state index contributed by atoms with van der Waals surface area (Å²) in [5.41, 5.74) is 1.81. The molecule has 0 aliphatic heterocycles. The quantitative estimate of drug-likeness (QED) is 0.833. The number of furan rings is 1. The highest BCUT2D eigenvalue weighted by Gasteiger charge is 2.24. The first kappa shape index (κ1) is 16.0. The predicted octanol–water partition coefficient (Wildman–Crippen LogP) is 3.31. The van der Waals surface area contributed by atoms with Gasteiger partial charge in [-0.15, -0.1) is 0 Å². The van der Waals surface area contributed by atoms with Crippen molar-refractivity contribution >= 4 is 5.91 Å². The first-order valence-electron chi connectivity index (χ1n) is 7.25. The molecule has 0 saturated heterocycles. The fourth-order valence-corrected chi connectivity index (χ4v) is 2.30. The minimum atomic E-state index is -0.408. The lowest BCUT2D eigenvalue weighted by Gasteiger charge is -2.29. The van der Waals surface area contributed by atoms with Crippen LogP contribution in [0.3, 0.4) is 0 Å². The van der Waals surface area contributed by atoms with E-state index in [2.05, 4.69) is 0 Å². The van der Waals surface area contributed by atoms with E-state index >= 15 is 0 Å². The Morgan fingerprint density at radius 2 is 1.95 bits per heavy atom. The third-order valence-corrected chi connectivity index (χ3v) is 3.34. The van der Waals surface area contributed by atoms with Crippen molar-refractivity contribution in [2.45, 2.75) is 26.4 Å². The van der Waals surface area contributed by atoms with E-state index in [0.29, 0.717) is 12.3 Å². The maximum absolute atomic E-state index is 12.6. The van der Waals surface area contributed by atoms with E-state index in [4.69, 9.17) is 4.42 Å². The van der Waals surface area contributed by atoms with Crippen LogP contribution in [0.5, 0.6) is 0 Å². The standard InChI is InChI=1S/C18H21NO3/c1-14(2)11-18(21)19(12-16-9-6-10-22-16)17(13-20)15-7-4-3-5-8-15/h3-11,17,20H,12-13H2,1-2H3/t17-/m0/s1. The van der Waals surface area contributed by atoms with Crippen molar-refractivity contribution in [1.82, 2.24) is 4.90 Å². The summed E-state index contributed by atoms with van der Waals surface area (Å²) in [7, 11) is 0. The normalized spacial score (nSPS) is 11.8. The van der Waals surface area contributed by atoms with E-state index in [1.54, 1.807) is 23.3 Å². The third kappa shape index (κ3) is 4.09. The highest BCUT2D eigenvalue weighted by Crippen LogP contribution is 2.23. The number of hydrogen-bond donors (Lipinski definition) is 1. The summed E-state index contributed by atoms with van der Waals surface area (Å²) in [6, 6.07) is 12.7. The molecule has 0 radical (unpaired) electrons. The minimum Gasteiger partial charge on any atom is -0.467 e. The van der Waals surface area contributed by atoms with Gasteiger partial charge < -0.3 is 14.4 Å². The van der Waals surface area contributed by atoms with Gasteiger partial charge in [-0.2, -0.15) is 0 Å². The van der Waals surface area contributed by atoms with Crippen molar-refractivity contribution in [3.8, 4) is 0 Å². The van der Waals surface area contributed by atoms with Gasteiger partial charge in [-0.05, 0) is 31.5 Å². The van der Waals surface area contributed by atoms with Crippen molar-refractivity contribution < 1.29 is 14.3 Å². The number of benzene rings is 1. The summed E-state index contributed by atoms with van der Waals surface area (Å²) in [5.74, 6) is 0.546. The van der Waals surface area contributed by atoms with Crippen molar-refractivity contribution in [3.63, 3.8) is 0 Å². The summed E-state index contributed by atoms with van der Waals surface area (Å²) >= 11 is 0. The SMILES string of the molecule is CC(C)=CC(=O)N(Cc1ccco1)[C@@H](CO)c1ccccc1. The van der Waals surface area contributed by atoms with Gasteiger partial charge in [-0.1, -0.05) is 35.9 Å². The maximum atomic E-state index is 12.6. The molecule has 4 nitrogen and oxygen atoms in total. The lowest BCUT2D eigenvalue weighted by molar-refractivity contribution is -0.130. The lowest BCUT2D eigenvalue weighted by Crippen LogP contribution is -2.35. The average molecular weight is 299 g/mol. The topological polar surface area (TPSA) is 53.7 Å². The monoisotopic (exact) mass is 299 g/mol. The van der Waals surface area contributed by atoms with Crippen molar-refractivity contribution in [3.05, 3.63) is 71.7 Å². The largest absolute Gasteiger partial charge is 0.467 e. The van der Waals surface area contributed by atoms with Crippen LogP contribution >= 0.6 is 0 Å². The van der Waals surface area contributed by atoms with E-state index in [9.17, 15) is 9.90 Å². The molecule has 22 heavy (non-hydrogen) atoms. The molecule has 2 rings (SSSR count). The fourth-order valence-electron chi connectivity index (χ4n) is 2.30. The number of carbonyl (C=O) groups excluding carboxylic acids is 1. The molecule has 0 aliphatic carbocycles. The van der Waals surface area contributed by atoms with Gasteiger partial charge in [0.15, 0.2) is 0 Å². The van der Waals surface area contributed by atoms with Crippen LogP contribution in [-0.4, -0.2) is 22.5 Å². The molecule has 0 fully saturated rings. The molecule has 1 aromatic carbocycles. The first-order valence-corrected chi connectivity index (χ1v) is 7.25. The molecule has 0 spiro atoms. The Hall–Kier alpha value is -2.33. The first-order chi connectivity index (χ1) is 10.6. The Bertz CT molecular complexity index is 613. The second-order valence-corrected chi connectivity index (χ2v) is 5.38. The molecule has 2 aromatic rings. The summed E-state index contributed by atoms with van der Waals surface area (Å²) in [6.07, 6.45) is 3.16. The zero-order chi connectivity index (χ0) is 15.9. The van der Waals surface area contributed by atoms with Gasteiger partial charge in [0.25, 0.3) is 0 Å². The van der Waals surface area contributed by atoms with Crippen LogP contribution in [0.1, 0.15) is 31.2 Å². The van der Waals surface area contributed by atoms with Crippen LogP contribution < -0.4 is 0 Å². The molecule has 1 aromatic heterocycles. The molecule has 4 heteroatoms. The summed E-state index contributed by atoms with van der Waals surface area (Å²) in [6.45, 7) is 3.92. The number of allylic oxidation sites excluding steroid dienone is 1. The Morgan fingerprint density at radius 3 is 2.50 bits per heavy atom. The third-order valence-electron chi connectivity index (χ3n) is 3.34. The van der Waals surface area contributed by atoms with Gasteiger partial charge in [0.1, 0.15) is 5.76 Å². The van der Waals surface area contributed by atoms with Crippen LogP contribution in [0, 0.1) is 0 Å². The zero-order valence-corrected chi connectivity index (χ0v) is 12.9. The molecule has 0 aliphatic rings. The van der Waals surface area contributed by atoms with Gasteiger partial charge in [0.2, 0.25) is 5.91 Å². The number of aliphatic hydroxyl groups excluding tert-OH is 1. The second kappa shape index (κ2) is 7.61. The summed E-state index contributed by atoms with van der Waals surface area (Å²) in [5, 5.41) is 9.82. The van der Waals surface area contributed by atoms with E-state index in [1.165, 1.54) is 0 Å². The van der Waals surface area contributed by atoms with Crippen LogP contribution in [0.2, 0.25) is 0 Å². The number of hydrogen-bond acceptors (Lipinski definition) is 3. The molecule has 0 unspecified atom stereocenters. The van der Waals surface area contributed by atoms with Crippen molar-refractivity contribution in [1.29, 1.82) is 0 Å². The summed E-state index contributed by atoms with van der Waals surface area (Å²) in [4.78, 5) is 14.2. The maximum Gasteiger partial charge on any atom is 0.247 e. The molecule has 1 N–H and O–H groups in total. The number of carbonyl (C=O) groups is 1. The number of rotatable bonds is 6. The van der Waals surface area contributed by atoms with Gasteiger partial charge >= 0.3 is 0 Å². The Kier molecular flexibility index (Phi) is 5.55. The van der Waals surface area contributed by atoms with Crippen LogP contribution in [0.15, 0.2) is 64.8 Å². The Morgan fingerprint density at radius 1 is 1.23 bits per heavy atom. The Labute approximate surface area is 130 Å². The number of amides is 1. The van der Waals surface area contributed by atoms with Gasteiger partial charge in [0, 0.05) is 6.08 Å². The van der Waals surface area contributed by atoms with E-state index in [0.717, 1.165) is 11.1 Å². The molecular weight excluding hydrogens is 278 g/mol. The van der Waals surface area contributed by atoms with E-state index in [-0.39, 0.29) is 12.5 Å². The molecule has 1 amide bonds. The molecule has 1 heterocycles. The average Bonchev–Trinajstić information content (AvgIpc) is 3.00. The van der Waals surface area contributed by atoms with Gasteiger partial charge in [-0.25, -0.2) is 0 Å². The number of aliphatic hydroxyl groups is 1. The number of nitrogens with zero attached hydrogens (tertiary/aromatic N) is 1. The smallest absolute Gasteiger partial charge is 0.247 e. The molecule has 0 bridgehead atoms. The van der Waals surface area contributed by atoms with Crippen molar-refractivity contribution in [2.24, 2.45) is 0 Å². The highest BCUT2D eigenvalue weighted by molar-refractivity contribution is 5.88. The van der Waals surface area contributed by atoms with Gasteiger partial charge in [-0.3, -0.25) is 4.79 Å². The fraction of sp³-hybridized carbons (Fsp3) is 0.278. The zero-order valence-electron chi connectivity index (χ0n) is 12.9. The predicted molar refractivity (Wildman–Crippen MR) is 85.0 cm³/mol. The highest BCUT2D eigenvalue weighted by atomic mass is 16.3. The van der Waals surface area contributed by atoms with Gasteiger partial charge in [0.05, 0.1) is 25.5 Å². The molecule has 0 saturated carbocycles. The van der Waals surface area contributed by atoms with Crippen molar-refractivity contribution in [2.75, 3.05) is 6.61 Å². The lowest BCUT2D eigenvalue weighted by atomic mass is 10.1. The van der Waals surface area contributed by atoms with Crippen LogP contribution in [0.25, 0.3) is 0 Å². The van der Waals surface area contributed by atoms with Crippen LogP contribution in [0.4, 0.5) is 0 Å². The molecule has 1 atom stereocenters. The van der Waals surface area contributed by atoms with Crippen LogP contribution in [-0.2, 0) is 11.3 Å². The molecular formula is C18H21NO3. The minimum absolute atomic E-state index is 0.140. The molecule has 116 valence electrons. The van der Waals surface area contributed by atoms with E-state index in [1.807, 2.05) is 50.2 Å². The summed E-state index contributed by atoms with van der Waals surface area (Å²) < 4.78 is 5.35.